The van der Waals surface area contributed by atoms with E-state index in [4.69, 9.17) is 5.73 Å². The molecule has 0 saturated carbocycles. The van der Waals surface area contributed by atoms with Gasteiger partial charge >= 0.3 is 0 Å². The Morgan fingerprint density at radius 1 is 1.08 bits per heavy atom. The number of aryl methyl sites for hydroxylation is 2. The van der Waals surface area contributed by atoms with Crippen molar-refractivity contribution in [3.05, 3.63) is 71.5 Å². The number of primary amides is 1. The van der Waals surface area contributed by atoms with Crippen LogP contribution in [0, 0.1) is 13.8 Å². The minimum absolute atomic E-state index is 0.157. The molecule has 0 aliphatic rings. The second kappa shape index (κ2) is 6.64. The second-order valence-corrected chi connectivity index (χ2v) is 7.58. The molecule has 3 rings (SSSR count). The number of nitrogens with one attached hydrogen (secondary N) is 1. The molecule has 8 heteroatoms. The molecule has 0 atom stereocenters. The van der Waals surface area contributed by atoms with Crippen molar-refractivity contribution in [1.82, 2.24) is 9.78 Å². The van der Waals surface area contributed by atoms with E-state index < -0.39 is 15.9 Å². The number of sulfonamides is 1. The molecule has 3 aromatic rings. The zero-order valence-electron chi connectivity index (χ0n) is 14.3. The number of hydrogen-bond acceptors (Lipinski definition) is 4. The number of rotatable bonds is 5. The van der Waals surface area contributed by atoms with Gasteiger partial charge in [0.1, 0.15) is 5.69 Å². The van der Waals surface area contributed by atoms with Crippen molar-refractivity contribution < 1.29 is 13.2 Å². The fraction of sp³-hybridized carbons (Fsp3) is 0.111. The third-order valence-electron chi connectivity index (χ3n) is 3.85. The number of anilines is 1. The van der Waals surface area contributed by atoms with Crippen molar-refractivity contribution in [1.29, 1.82) is 0 Å². The number of nitrogens with zero attached hydrogens (tertiary/aromatic N) is 2. The predicted octanol–water partition coefficient (Wildman–Crippen LogP) is 2.39. The molecule has 134 valence electrons. The van der Waals surface area contributed by atoms with Gasteiger partial charge in [-0.1, -0.05) is 17.7 Å². The molecule has 1 aromatic heterocycles. The molecule has 0 fully saturated rings. The summed E-state index contributed by atoms with van der Waals surface area (Å²) in [6, 6.07) is 13.3. The van der Waals surface area contributed by atoms with Gasteiger partial charge in [0.2, 0.25) is 0 Å². The van der Waals surface area contributed by atoms with Crippen LogP contribution in [-0.4, -0.2) is 24.1 Å². The molecular formula is C18H18N4O3S. The minimum Gasteiger partial charge on any atom is -0.364 e. The van der Waals surface area contributed by atoms with E-state index in [2.05, 4.69) is 9.82 Å². The number of carbonyl (C=O) groups excluding carboxylic acids is 1. The van der Waals surface area contributed by atoms with Crippen molar-refractivity contribution in [3.63, 3.8) is 0 Å². The summed E-state index contributed by atoms with van der Waals surface area (Å²) in [6.07, 6.45) is 1.61. The molecule has 1 heterocycles. The van der Waals surface area contributed by atoms with Gasteiger partial charge in [-0.05, 0) is 55.8 Å². The fourth-order valence-corrected chi connectivity index (χ4v) is 3.88. The molecule has 7 nitrogen and oxygen atoms in total. The van der Waals surface area contributed by atoms with Gasteiger partial charge in [0.25, 0.3) is 15.9 Å². The fourth-order valence-electron chi connectivity index (χ4n) is 2.59. The van der Waals surface area contributed by atoms with E-state index in [1.54, 1.807) is 49.5 Å². The summed E-state index contributed by atoms with van der Waals surface area (Å²) in [5, 5.41) is 4.06. The van der Waals surface area contributed by atoms with Gasteiger partial charge in [-0.15, -0.1) is 0 Å². The van der Waals surface area contributed by atoms with Gasteiger partial charge in [-0.2, -0.15) is 5.10 Å². The van der Waals surface area contributed by atoms with Crippen LogP contribution in [0.4, 0.5) is 5.69 Å². The Labute approximate surface area is 151 Å². The average Bonchev–Trinajstić information content (AvgIpc) is 3.05. The van der Waals surface area contributed by atoms with Crippen LogP contribution in [0.5, 0.6) is 0 Å². The third-order valence-corrected chi connectivity index (χ3v) is 5.39. The summed E-state index contributed by atoms with van der Waals surface area (Å²) >= 11 is 0. The predicted molar refractivity (Wildman–Crippen MR) is 98.8 cm³/mol. The van der Waals surface area contributed by atoms with E-state index >= 15 is 0 Å². The highest BCUT2D eigenvalue weighted by atomic mass is 32.2. The van der Waals surface area contributed by atoms with Gasteiger partial charge in [0.05, 0.1) is 10.6 Å². The number of aromatic nitrogens is 2. The maximum atomic E-state index is 12.6. The Balaban J connectivity index is 1.83. The monoisotopic (exact) mass is 370 g/mol. The molecule has 2 aromatic carbocycles. The molecule has 0 bridgehead atoms. The molecule has 0 saturated heterocycles. The summed E-state index contributed by atoms with van der Waals surface area (Å²) in [5.41, 5.74) is 8.13. The number of benzene rings is 2. The summed E-state index contributed by atoms with van der Waals surface area (Å²) in [4.78, 5) is 11.4. The van der Waals surface area contributed by atoms with Gasteiger partial charge < -0.3 is 5.73 Å². The van der Waals surface area contributed by atoms with Crippen molar-refractivity contribution in [2.45, 2.75) is 18.7 Å². The van der Waals surface area contributed by atoms with Crippen LogP contribution < -0.4 is 10.5 Å². The Hall–Kier alpha value is -3.13. The standard InChI is InChI=1S/C18H18N4O3S/c1-12-3-8-17(13(2)11-12)26(24,25)21-14-4-6-15(7-5-14)22-10-9-16(20-22)18(19)23/h3-11,21H,1-2H3,(H2,19,23). The van der Waals surface area contributed by atoms with Gasteiger partial charge in [0.15, 0.2) is 0 Å². The molecule has 0 unspecified atom stereocenters. The second-order valence-electron chi connectivity index (χ2n) is 5.93. The van der Waals surface area contributed by atoms with Gasteiger partial charge in [0, 0.05) is 11.9 Å². The molecule has 0 spiro atoms. The molecule has 0 aliphatic heterocycles. The van der Waals surface area contributed by atoms with E-state index in [-0.39, 0.29) is 10.6 Å². The van der Waals surface area contributed by atoms with E-state index in [0.29, 0.717) is 16.9 Å². The molecule has 1 amide bonds. The van der Waals surface area contributed by atoms with Crippen LogP contribution >= 0.6 is 0 Å². The Morgan fingerprint density at radius 3 is 2.35 bits per heavy atom. The van der Waals surface area contributed by atoms with Crippen molar-refractivity contribution in [2.24, 2.45) is 5.73 Å². The largest absolute Gasteiger partial charge is 0.364 e. The molecule has 0 radical (unpaired) electrons. The number of amides is 1. The van der Waals surface area contributed by atoms with Gasteiger partial charge in [-0.3, -0.25) is 9.52 Å². The lowest BCUT2D eigenvalue weighted by atomic mass is 10.2. The van der Waals surface area contributed by atoms with Crippen molar-refractivity contribution in [2.75, 3.05) is 4.72 Å². The summed E-state index contributed by atoms with van der Waals surface area (Å²) < 4.78 is 29.2. The lowest BCUT2D eigenvalue weighted by Crippen LogP contribution is -2.14. The SMILES string of the molecule is Cc1ccc(S(=O)(=O)Nc2ccc(-n3ccc(C(N)=O)n3)cc2)c(C)c1. The first kappa shape index (κ1) is 17.7. The first-order valence-corrected chi connectivity index (χ1v) is 9.30. The first-order valence-electron chi connectivity index (χ1n) is 7.82. The molecule has 26 heavy (non-hydrogen) atoms. The normalized spacial score (nSPS) is 11.3. The highest BCUT2D eigenvalue weighted by Gasteiger charge is 2.17. The number of carbonyl (C=O) groups is 1. The van der Waals surface area contributed by atoms with Crippen LogP contribution in [0.1, 0.15) is 21.6 Å². The lowest BCUT2D eigenvalue weighted by Gasteiger charge is -2.11. The number of nitrogens with two attached hydrogens (primary N) is 1. The third kappa shape index (κ3) is 3.60. The van der Waals surface area contributed by atoms with Crippen LogP contribution in [0.25, 0.3) is 5.69 Å². The Kier molecular flexibility index (Phi) is 4.52. The zero-order chi connectivity index (χ0) is 18.9. The zero-order valence-corrected chi connectivity index (χ0v) is 15.1. The van der Waals surface area contributed by atoms with E-state index in [1.807, 2.05) is 13.0 Å². The van der Waals surface area contributed by atoms with Crippen molar-refractivity contribution >= 4 is 21.6 Å². The highest BCUT2D eigenvalue weighted by molar-refractivity contribution is 7.92. The van der Waals surface area contributed by atoms with Crippen LogP contribution in [0.15, 0.2) is 59.6 Å². The first-order chi connectivity index (χ1) is 12.3. The Morgan fingerprint density at radius 2 is 1.77 bits per heavy atom. The lowest BCUT2D eigenvalue weighted by molar-refractivity contribution is 0.0995. The van der Waals surface area contributed by atoms with Gasteiger partial charge in [-0.25, -0.2) is 13.1 Å². The van der Waals surface area contributed by atoms with Crippen molar-refractivity contribution in [3.8, 4) is 5.69 Å². The van der Waals surface area contributed by atoms with Crippen LogP contribution in [0.3, 0.4) is 0 Å². The van der Waals surface area contributed by atoms with E-state index in [0.717, 1.165) is 5.56 Å². The van der Waals surface area contributed by atoms with E-state index in [9.17, 15) is 13.2 Å². The minimum atomic E-state index is -3.68. The maximum absolute atomic E-state index is 12.6. The summed E-state index contributed by atoms with van der Waals surface area (Å²) in [5.74, 6) is -0.610. The molecule has 3 N–H and O–H groups in total. The smallest absolute Gasteiger partial charge is 0.269 e. The topological polar surface area (TPSA) is 107 Å². The molecule has 0 aliphatic carbocycles. The molecular weight excluding hydrogens is 352 g/mol. The summed E-state index contributed by atoms with van der Waals surface area (Å²) in [7, 11) is -3.68. The Bertz CT molecular complexity index is 1070. The summed E-state index contributed by atoms with van der Waals surface area (Å²) in [6.45, 7) is 3.67. The van der Waals surface area contributed by atoms with Crippen LogP contribution in [0.2, 0.25) is 0 Å². The van der Waals surface area contributed by atoms with E-state index in [1.165, 1.54) is 10.7 Å². The maximum Gasteiger partial charge on any atom is 0.269 e. The average molecular weight is 370 g/mol. The number of hydrogen-bond donors (Lipinski definition) is 2. The van der Waals surface area contributed by atoms with Crippen LogP contribution in [-0.2, 0) is 10.0 Å². The quantitative estimate of drug-likeness (QED) is 0.719. The highest BCUT2D eigenvalue weighted by Crippen LogP contribution is 2.21.